The predicted molar refractivity (Wildman–Crippen MR) is 140 cm³/mol. The number of hydrogen-bond donors (Lipinski definition) is 1. The van der Waals surface area contributed by atoms with Crippen LogP contribution in [-0.4, -0.2) is 54.8 Å². The Balaban J connectivity index is 1.99. The van der Waals surface area contributed by atoms with Crippen LogP contribution in [0, 0.1) is 0 Å². The fourth-order valence-electron chi connectivity index (χ4n) is 4.90. The molecule has 1 amide bonds. The summed E-state index contributed by atoms with van der Waals surface area (Å²) in [6.45, 7) is 14.7. The number of carbonyl (C=O) groups is 1. The highest BCUT2D eigenvalue weighted by Gasteiger charge is 2.51. The van der Waals surface area contributed by atoms with Gasteiger partial charge in [-0.25, -0.2) is 4.79 Å². The first-order valence-electron chi connectivity index (χ1n) is 12.2. The molecular weight excluding hydrogens is 442 g/mol. The summed E-state index contributed by atoms with van der Waals surface area (Å²) in [5, 5.41) is 13.0. The average Bonchev–Trinajstić information content (AvgIpc) is 2.74. The first kappa shape index (κ1) is 26.5. The van der Waals surface area contributed by atoms with Crippen LogP contribution in [-0.2, 0) is 9.16 Å². The summed E-state index contributed by atoms with van der Waals surface area (Å²) in [5.74, 6) is 0. The van der Waals surface area contributed by atoms with E-state index in [9.17, 15) is 9.90 Å². The van der Waals surface area contributed by atoms with Crippen molar-refractivity contribution in [1.29, 1.82) is 0 Å². The highest BCUT2D eigenvalue weighted by molar-refractivity contribution is 6.99. The van der Waals surface area contributed by atoms with Crippen LogP contribution in [0.4, 0.5) is 4.79 Å². The van der Waals surface area contributed by atoms with Gasteiger partial charge in [0.15, 0.2) is 0 Å². The van der Waals surface area contributed by atoms with E-state index in [2.05, 4.69) is 69.3 Å². The van der Waals surface area contributed by atoms with E-state index in [1.54, 1.807) is 11.8 Å². The zero-order valence-electron chi connectivity index (χ0n) is 21.8. The Morgan fingerprint density at radius 3 is 1.94 bits per heavy atom. The molecule has 1 unspecified atom stereocenters. The quantitative estimate of drug-likeness (QED) is 0.626. The lowest BCUT2D eigenvalue weighted by molar-refractivity contribution is -0.0581. The van der Waals surface area contributed by atoms with Crippen molar-refractivity contribution >= 4 is 24.8 Å². The van der Waals surface area contributed by atoms with Gasteiger partial charge in [-0.2, -0.15) is 0 Å². The van der Waals surface area contributed by atoms with E-state index >= 15 is 0 Å². The second-order valence-corrected chi connectivity index (χ2v) is 16.1. The molecule has 1 saturated heterocycles. The predicted octanol–water partition coefficient (Wildman–Crippen LogP) is 4.71. The second-order valence-electron chi connectivity index (χ2n) is 11.8. The smallest absolute Gasteiger partial charge is 0.410 e. The molecule has 186 valence electrons. The number of rotatable bonds is 5. The Labute approximate surface area is 206 Å². The molecule has 6 heteroatoms. The van der Waals surface area contributed by atoms with Crippen LogP contribution in [0.5, 0.6) is 0 Å². The van der Waals surface area contributed by atoms with Gasteiger partial charge in [-0.1, -0.05) is 81.4 Å². The van der Waals surface area contributed by atoms with Crippen molar-refractivity contribution in [1.82, 2.24) is 4.90 Å². The lowest BCUT2D eigenvalue weighted by Gasteiger charge is -2.47. The third kappa shape index (κ3) is 5.91. The van der Waals surface area contributed by atoms with E-state index in [1.807, 2.05) is 32.9 Å². The van der Waals surface area contributed by atoms with E-state index in [0.29, 0.717) is 19.4 Å². The Hall–Kier alpha value is -2.15. The third-order valence-corrected chi connectivity index (χ3v) is 11.5. The van der Waals surface area contributed by atoms with Crippen molar-refractivity contribution in [2.75, 3.05) is 13.2 Å². The number of piperidine rings is 1. The van der Waals surface area contributed by atoms with Gasteiger partial charge in [0, 0.05) is 0 Å². The Kier molecular flexibility index (Phi) is 7.65. The highest BCUT2D eigenvalue weighted by Crippen LogP contribution is 2.37. The summed E-state index contributed by atoms with van der Waals surface area (Å²) in [7, 11) is -2.72. The zero-order chi connectivity index (χ0) is 25.2. The second kappa shape index (κ2) is 9.84. The Morgan fingerprint density at radius 2 is 1.50 bits per heavy atom. The number of carbonyl (C=O) groups excluding carboxylic acids is 1. The lowest BCUT2D eigenvalue weighted by atomic mass is 9.91. The molecule has 0 saturated carbocycles. The summed E-state index contributed by atoms with van der Waals surface area (Å²) in [4.78, 5) is 14.8. The standard InChI is InChI=1S/C28H41NO4Si/c1-26(2,3)33-25(30)29-21-28(7,31)19-18-22(29)20-32-34(27(4,5)6,23-14-10-8-11-15-23)24-16-12-9-13-17-24/h8-17,22,31H,18-21H2,1-7H3/t22-,28?/m0/s1. The number of benzene rings is 2. The minimum Gasteiger partial charge on any atom is -0.444 e. The summed E-state index contributed by atoms with van der Waals surface area (Å²) in [5.41, 5.74) is -1.55. The number of amides is 1. The van der Waals surface area contributed by atoms with E-state index < -0.39 is 25.6 Å². The molecule has 1 fully saturated rings. The lowest BCUT2D eigenvalue weighted by Crippen LogP contribution is -2.68. The average molecular weight is 484 g/mol. The molecule has 5 nitrogen and oxygen atoms in total. The van der Waals surface area contributed by atoms with E-state index in [-0.39, 0.29) is 17.6 Å². The van der Waals surface area contributed by atoms with Crippen LogP contribution < -0.4 is 10.4 Å². The maximum atomic E-state index is 13.1. The Morgan fingerprint density at radius 1 is 1.00 bits per heavy atom. The molecule has 1 N–H and O–H groups in total. The topological polar surface area (TPSA) is 59.0 Å². The summed E-state index contributed by atoms with van der Waals surface area (Å²) >= 11 is 0. The number of likely N-dealkylation sites (tertiary alicyclic amines) is 1. The van der Waals surface area contributed by atoms with Crippen molar-refractivity contribution in [3.8, 4) is 0 Å². The molecule has 0 aliphatic carbocycles. The number of ether oxygens (including phenoxy) is 1. The minimum absolute atomic E-state index is 0.146. The molecule has 1 heterocycles. The van der Waals surface area contributed by atoms with E-state index in [4.69, 9.17) is 9.16 Å². The van der Waals surface area contributed by atoms with Crippen molar-refractivity contribution in [2.45, 2.75) is 83.6 Å². The largest absolute Gasteiger partial charge is 0.444 e. The molecule has 0 bridgehead atoms. The molecule has 0 spiro atoms. The molecule has 1 aliphatic heterocycles. The molecule has 2 aromatic carbocycles. The molecule has 34 heavy (non-hydrogen) atoms. The fourth-order valence-corrected chi connectivity index (χ4v) is 9.50. The Bertz CT molecular complexity index is 908. The minimum atomic E-state index is -2.72. The van der Waals surface area contributed by atoms with E-state index in [0.717, 1.165) is 0 Å². The first-order chi connectivity index (χ1) is 15.8. The fraction of sp³-hybridized carbons (Fsp3) is 0.536. The van der Waals surface area contributed by atoms with Crippen molar-refractivity contribution < 1.29 is 19.1 Å². The van der Waals surface area contributed by atoms with Crippen LogP contribution in [0.3, 0.4) is 0 Å². The maximum absolute atomic E-state index is 13.1. The van der Waals surface area contributed by atoms with Crippen LogP contribution in [0.25, 0.3) is 0 Å². The van der Waals surface area contributed by atoms with Crippen LogP contribution >= 0.6 is 0 Å². The number of hydrogen-bond acceptors (Lipinski definition) is 4. The number of aliphatic hydroxyl groups is 1. The van der Waals surface area contributed by atoms with Gasteiger partial charge in [0.05, 0.1) is 24.8 Å². The SMILES string of the molecule is CC1(O)CC[C@@H](CO[Si](c2ccccc2)(c2ccccc2)C(C)(C)C)N(C(=O)OC(C)(C)C)C1. The molecule has 0 radical (unpaired) electrons. The normalized spacial score (nSPS) is 21.9. The van der Waals surface area contributed by atoms with Gasteiger partial charge in [-0.05, 0) is 55.9 Å². The van der Waals surface area contributed by atoms with Crippen LogP contribution in [0.2, 0.25) is 5.04 Å². The molecule has 0 aromatic heterocycles. The van der Waals surface area contributed by atoms with E-state index in [1.165, 1.54) is 10.4 Å². The monoisotopic (exact) mass is 483 g/mol. The summed E-state index contributed by atoms with van der Waals surface area (Å²) in [6, 6.07) is 20.8. The number of nitrogens with zero attached hydrogens (tertiary/aromatic N) is 1. The first-order valence-corrected chi connectivity index (χ1v) is 14.1. The van der Waals surface area contributed by atoms with Gasteiger partial charge in [0.2, 0.25) is 0 Å². The van der Waals surface area contributed by atoms with Crippen LogP contribution in [0.15, 0.2) is 60.7 Å². The maximum Gasteiger partial charge on any atom is 0.410 e. The third-order valence-electron chi connectivity index (χ3n) is 6.50. The zero-order valence-corrected chi connectivity index (χ0v) is 22.8. The van der Waals surface area contributed by atoms with Gasteiger partial charge in [0.1, 0.15) is 5.60 Å². The van der Waals surface area contributed by atoms with Crippen molar-refractivity contribution in [2.24, 2.45) is 0 Å². The molecule has 2 aromatic rings. The number of β-amino-alcohol motifs (C(OH)–C–C–N with tert-alkyl or cyclic N) is 1. The van der Waals surface area contributed by atoms with Gasteiger partial charge >= 0.3 is 6.09 Å². The van der Waals surface area contributed by atoms with Crippen molar-refractivity contribution in [3.05, 3.63) is 60.7 Å². The molecule has 3 rings (SSSR count). The highest BCUT2D eigenvalue weighted by atomic mass is 28.4. The molecule has 2 atom stereocenters. The summed E-state index contributed by atoms with van der Waals surface area (Å²) < 4.78 is 12.8. The van der Waals surface area contributed by atoms with Crippen LogP contribution in [0.1, 0.15) is 61.3 Å². The summed E-state index contributed by atoms with van der Waals surface area (Å²) in [6.07, 6.45) is 0.870. The van der Waals surface area contributed by atoms with Gasteiger partial charge in [0.25, 0.3) is 8.32 Å². The van der Waals surface area contributed by atoms with Crippen molar-refractivity contribution in [3.63, 3.8) is 0 Å². The molecule has 1 aliphatic rings. The molecular formula is C28H41NO4Si. The van der Waals surface area contributed by atoms with Gasteiger partial charge in [-0.3, -0.25) is 0 Å². The van der Waals surface area contributed by atoms with Gasteiger partial charge < -0.3 is 19.2 Å². The van der Waals surface area contributed by atoms with Gasteiger partial charge in [-0.15, -0.1) is 0 Å².